The quantitative estimate of drug-likeness (QED) is 0.437. The monoisotopic (exact) mass is 370 g/mol. The van der Waals surface area contributed by atoms with Crippen LogP contribution >= 0.6 is 34.5 Å². The number of hydrogen-bond acceptors (Lipinski definition) is 4. The second-order valence-corrected chi connectivity index (χ2v) is 6.93. The first kappa shape index (κ1) is 17.8. The first-order valence-corrected chi connectivity index (χ1v) is 8.58. The molecule has 0 saturated carbocycles. The topological polar surface area (TPSA) is 50.7 Å². The van der Waals surface area contributed by atoms with Crippen LogP contribution in [0.3, 0.4) is 0 Å². The van der Waals surface area contributed by atoms with Gasteiger partial charge < -0.3 is 4.74 Å². The molecule has 4 nitrogen and oxygen atoms in total. The zero-order chi connectivity index (χ0) is 16.7. The Morgan fingerprint density at radius 3 is 2.87 bits per heavy atom. The van der Waals surface area contributed by atoms with Gasteiger partial charge in [0.2, 0.25) is 5.91 Å². The smallest absolute Gasteiger partial charge is 0.240 e. The lowest BCUT2D eigenvalue weighted by molar-refractivity contribution is -0.121. The third kappa shape index (κ3) is 6.22. The maximum absolute atomic E-state index is 11.6. The van der Waals surface area contributed by atoms with Crippen molar-refractivity contribution in [3.8, 4) is 5.75 Å². The van der Waals surface area contributed by atoms with Crippen LogP contribution in [-0.2, 0) is 4.79 Å². The molecule has 0 aliphatic rings. The van der Waals surface area contributed by atoms with E-state index in [1.807, 2.05) is 19.1 Å². The van der Waals surface area contributed by atoms with Gasteiger partial charge in [0.15, 0.2) is 0 Å². The molecule has 1 heterocycles. The second kappa shape index (κ2) is 8.91. The lowest BCUT2D eigenvalue weighted by Gasteiger charge is -2.07. The molecule has 0 aliphatic carbocycles. The number of hydrogen-bond donors (Lipinski definition) is 1. The fraction of sp³-hybridized carbons (Fsp3) is 0.250. The number of carbonyl (C=O) groups is 1. The summed E-state index contributed by atoms with van der Waals surface area (Å²) in [4.78, 5) is 13.8. The van der Waals surface area contributed by atoms with Crippen LogP contribution in [0.2, 0.25) is 10.0 Å². The van der Waals surface area contributed by atoms with Gasteiger partial charge in [-0.25, -0.2) is 5.43 Å². The number of nitrogens with zero attached hydrogens (tertiary/aromatic N) is 1. The SMILES string of the molecule is Cc1ccc(/C=N/NC(=O)CCCOc2ccc(Cl)cc2Cl)s1. The van der Waals surface area contributed by atoms with E-state index in [1.54, 1.807) is 35.8 Å². The molecule has 0 bridgehead atoms. The van der Waals surface area contributed by atoms with E-state index in [-0.39, 0.29) is 5.91 Å². The van der Waals surface area contributed by atoms with Crippen molar-refractivity contribution in [2.75, 3.05) is 6.61 Å². The Bertz CT molecular complexity index is 701. The highest BCUT2D eigenvalue weighted by Crippen LogP contribution is 2.27. The molecule has 1 amide bonds. The number of nitrogens with one attached hydrogen (secondary N) is 1. The molecule has 122 valence electrons. The molecule has 0 spiro atoms. The van der Waals surface area contributed by atoms with Crippen molar-refractivity contribution in [1.29, 1.82) is 0 Å². The number of hydrazone groups is 1. The summed E-state index contributed by atoms with van der Waals surface area (Å²) < 4.78 is 5.51. The largest absolute Gasteiger partial charge is 0.492 e. The Morgan fingerprint density at radius 2 is 2.17 bits per heavy atom. The minimum atomic E-state index is -0.152. The summed E-state index contributed by atoms with van der Waals surface area (Å²) in [5, 5.41) is 4.94. The van der Waals surface area contributed by atoms with E-state index in [1.165, 1.54) is 4.88 Å². The van der Waals surface area contributed by atoms with E-state index < -0.39 is 0 Å². The van der Waals surface area contributed by atoms with Crippen molar-refractivity contribution in [2.45, 2.75) is 19.8 Å². The summed E-state index contributed by atoms with van der Waals surface area (Å²) in [6.45, 7) is 2.41. The van der Waals surface area contributed by atoms with Crippen molar-refractivity contribution in [2.24, 2.45) is 5.10 Å². The molecule has 23 heavy (non-hydrogen) atoms. The van der Waals surface area contributed by atoms with Gasteiger partial charge in [-0.15, -0.1) is 11.3 Å². The third-order valence-corrected chi connectivity index (χ3v) is 4.31. The Labute approximate surface area is 149 Å². The summed E-state index contributed by atoms with van der Waals surface area (Å²) in [6, 6.07) is 8.99. The predicted octanol–water partition coefficient (Wildman–Crippen LogP) is 4.67. The summed E-state index contributed by atoms with van der Waals surface area (Å²) >= 11 is 13.4. The highest BCUT2D eigenvalue weighted by atomic mass is 35.5. The van der Waals surface area contributed by atoms with Crippen molar-refractivity contribution in [3.63, 3.8) is 0 Å². The molecular formula is C16H16Cl2N2O2S. The highest BCUT2D eigenvalue weighted by molar-refractivity contribution is 7.13. The van der Waals surface area contributed by atoms with Crippen LogP contribution in [0.15, 0.2) is 35.4 Å². The summed E-state index contributed by atoms with van der Waals surface area (Å²) in [7, 11) is 0. The molecule has 0 aliphatic heterocycles. The molecule has 0 radical (unpaired) electrons. The van der Waals surface area contributed by atoms with Gasteiger partial charge in [0, 0.05) is 21.2 Å². The van der Waals surface area contributed by atoms with Crippen molar-refractivity contribution >= 4 is 46.7 Å². The molecule has 2 rings (SSSR count). The fourth-order valence-corrected chi connectivity index (χ4v) is 2.97. The van der Waals surface area contributed by atoms with Gasteiger partial charge >= 0.3 is 0 Å². The molecule has 7 heteroatoms. The van der Waals surface area contributed by atoms with Crippen LogP contribution in [0, 0.1) is 6.92 Å². The van der Waals surface area contributed by atoms with E-state index in [4.69, 9.17) is 27.9 Å². The van der Waals surface area contributed by atoms with E-state index >= 15 is 0 Å². The third-order valence-electron chi connectivity index (χ3n) is 2.84. The van der Waals surface area contributed by atoms with Gasteiger partial charge in [0.25, 0.3) is 0 Å². The predicted molar refractivity (Wildman–Crippen MR) is 96.0 cm³/mol. The van der Waals surface area contributed by atoms with E-state index in [2.05, 4.69) is 10.5 Å². The standard InChI is InChI=1S/C16H16Cl2N2O2S/c1-11-4-6-13(23-11)10-19-20-16(21)3-2-8-22-15-7-5-12(17)9-14(15)18/h4-7,9-10H,2-3,8H2,1H3,(H,20,21)/b19-10+. The van der Waals surface area contributed by atoms with E-state index in [9.17, 15) is 4.79 Å². The van der Waals surface area contributed by atoms with Crippen LogP contribution in [-0.4, -0.2) is 18.7 Å². The zero-order valence-corrected chi connectivity index (χ0v) is 14.8. The van der Waals surface area contributed by atoms with Gasteiger partial charge in [-0.3, -0.25) is 4.79 Å². The lowest BCUT2D eigenvalue weighted by atomic mass is 10.3. The normalized spacial score (nSPS) is 10.9. The lowest BCUT2D eigenvalue weighted by Crippen LogP contribution is -2.17. The van der Waals surface area contributed by atoms with Crippen LogP contribution in [0.1, 0.15) is 22.6 Å². The van der Waals surface area contributed by atoms with Gasteiger partial charge in [0.1, 0.15) is 5.75 Å². The molecule has 0 fully saturated rings. The van der Waals surface area contributed by atoms with Crippen molar-refractivity contribution < 1.29 is 9.53 Å². The number of rotatable bonds is 7. The number of thiophene rings is 1. The number of aryl methyl sites for hydroxylation is 1. The molecule has 0 unspecified atom stereocenters. The van der Waals surface area contributed by atoms with Crippen molar-refractivity contribution in [1.82, 2.24) is 5.43 Å². The first-order valence-electron chi connectivity index (χ1n) is 7.01. The minimum absolute atomic E-state index is 0.152. The van der Waals surface area contributed by atoms with Crippen LogP contribution in [0.5, 0.6) is 5.75 Å². The van der Waals surface area contributed by atoms with Crippen LogP contribution in [0.4, 0.5) is 0 Å². The number of ether oxygens (including phenoxy) is 1. The summed E-state index contributed by atoms with van der Waals surface area (Å²) in [6.07, 6.45) is 2.53. The second-order valence-electron chi connectivity index (χ2n) is 4.77. The molecular weight excluding hydrogens is 355 g/mol. The van der Waals surface area contributed by atoms with Crippen molar-refractivity contribution in [3.05, 3.63) is 50.1 Å². The maximum Gasteiger partial charge on any atom is 0.240 e. The highest BCUT2D eigenvalue weighted by Gasteiger charge is 2.04. The Balaban J connectivity index is 1.65. The molecule has 1 aromatic heterocycles. The summed E-state index contributed by atoms with van der Waals surface area (Å²) in [5.41, 5.74) is 2.50. The van der Waals surface area contributed by atoms with Gasteiger partial charge in [-0.2, -0.15) is 5.10 Å². The van der Waals surface area contributed by atoms with Crippen LogP contribution in [0.25, 0.3) is 0 Å². The fourth-order valence-electron chi connectivity index (χ4n) is 1.75. The molecule has 1 aromatic carbocycles. The number of benzene rings is 1. The zero-order valence-electron chi connectivity index (χ0n) is 12.5. The molecule has 2 aromatic rings. The average molecular weight is 371 g/mol. The van der Waals surface area contributed by atoms with Gasteiger partial charge in [-0.1, -0.05) is 23.2 Å². The Kier molecular flexibility index (Phi) is 6.89. The number of halogens is 2. The molecule has 0 saturated heterocycles. The molecule has 0 atom stereocenters. The minimum Gasteiger partial charge on any atom is -0.492 e. The number of amides is 1. The maximum atomic E-state index is 11.6. The average Bonchev–Trinajstić information content (AvgIpc) is 2.91. The Hall–Kier alpha value is -1.56. The van der Waals surface area contributed by atoms with Crippen LogP contribution < -0.4 is 10.2 Å². The van der Waals surface area contributed by atoms with E-state index in [0.717, 1.165) is 4.88 Å². The van der Waals surface area contributed by atoms with Gasteiger partial charge in [-0.05, 0) is 43.7 Å². The molecule has 1 N–H and O–H groups in total. The van der Waals surface area contributed by atoms with Gasteiger partial charge in [0.05, 0.1) is 17.8 Å². The number of carbonyl (C=O) groups excluding carboxylic acids is 1. The summed E-state index contributed by atoms with van der Waals surface area (Å²) in [5.74, 6) is 0.405. The Morgan fingerprint density at radius 1 is 1.35 bits per heavy atom. The van der Waals surface area contributed by atoms with E-state index in [0.29, 0.717) is 35.2 Å². The first-order chi connectivity index (χ1) is 11.0.